The van der Waals surface area contributed by atoms with E-state index >= 15 is 0 Å². The molecule has 0 aromatic carbocycles. The van der Waals surface area contributed by atoms with Gasteiger partial charge in [-0.25, -0.2) is 0 Å². The lowest BCUT2D eigenvalue weighted by Gasteiger charge is -2.41. The Morgan fingerprint density at radius 2 is 1.86 bits per heavy atom. The van der Waals surface area contributed by atoms with Crippen LogP contribution in [0.2, 0.25) is 0 Å². The molecule has 2 nitrogen and oxygen atoms in total. The fraction of sp³-hybridized carbons (Fsp3) is 1.00. The monoisotopic (exact) mass is 295 g/mol. The van der Waals surface area contributed by atoms with Gasteiger partial charge in [-0.3, -0.25) is 0 Å². The molecule has 0 radical (unpaired) electrons. The molecule has 0 atom stereocenters. The minimum Gasteiger partial charge on any atom is -0.379 e. The van der Waals surface area contributed by atoms with E-state index in [4.69, 9.17) is 4.74 Å². The predicted molar refractivity (Wildman–Crippen MR) is 90.6 cm³/mol. The zero-order valence-corrected chi connectivity index (χ0v) is 14.6. The summed E-state index contributed by atoms with van der Waals surface area (Å²) in [5.41, 5.74) is 0.528. The van der Waals surface area contributed by atoms with E-state index in [0.29, 0.717) is 11.5 Å². The lowest BCUT2D eigenvalue weighted by atomic mass is 9.67. The van der Waals surface area contributed by atoms with E-state index in [1.807, 2.05) is 0 Å². The molecule has 2 saturated carbocycles. The molecule has 0 unspecified atom stereocenters. The van der Waals surface area contributed by atoms with Gasteiger partial charge in [0, 0.05) is 19.2 Å². The Hall–Kier alpha value is -0.0800. The molecule has 2 rings (SSSR count). The Bertz CT molecular complexity index is 277. The molecule has 0 amide bonds. The molecule has 1 N–H and O–H groups in total. The van der Waals surface area contributed by atoms with Gasteiger partial charge in [0.15, 0.2) is 0 Å². The number of hydrogen-bond donors (Lipinski definition) is 1. The normalized spacial score (nSPS) is 30.0. The second kappa shape index (κ2) is 8.53. The van der Waals surface area contributed by atoms with Gasteiger partial charge in [-0.1, -0.05) is 26.2 Å². The van der Waals surface area contributed by atoms with Crippen LogP contribution in [0, 0.1) is 11.3 Å². The lowest BCUT2D eigenvalue weighted by Crippen LogP contribution is -2.39. The fourth-order valence-electron chi connectivity index (χ4n) is 3.75. The Balaban J connectivity index is 1.78. The maximum Gasteiger partial charge on any atom is 0.0518 e. The first kappa shape index (κ1) is 17.3. The van der Waals surface area contributed by atoms with Crippen LogP contribution in [-0.2, 0) is 4.74 Å². The number of hydrogen-bond acceptors (Lipinski definition) is 2. The van der Waals surface area contributed by atoms with Crippen LogP contribution < -0.4 is 5.32 Å². The zero-order chi connectivity index (χ0) is 15.1. The molecule has 21 heavy (non-hydrogen) atoms. The Kier molecular flexibility index (Phi) is 7.01. The van der Waals surface area contributed by atoms with Crippen LogP contribution in [0.15, 0.2) is 0 Å². The van der Waals surface area contributed by atoms with Crippen molar-refractivity contribution >= 4 is 0 Å². The third-order valence-electron chi connectivity index (χ3n) is 5.56. The fourth-order valence-corrected chi connectivity index (χ4v) is 3.75. The van der Waals surface area contributed by atoms with E-state index in [1.54, 1.807) is 0 Å². The third kappa shape index (κ3) is 6.28. The topological polar surface area (TPSA) is 21.3 Å². The highest BCUT2D eigenvalue weighted by atomic mass is 16.5. The highest BCUT2D eigenvalue weighted by Crippen LogP contribution is 2.43. The third-order valence-corrected chi connectivity index (χ3v) is 5.56. The molecular formula is C19H37NO. The molecule has 2 aliphatic rings. The van der Waals surface area contributed by atoms with Crippen molar-refractivity contribution in [3.63, 3.8) is 0 Å². The van der Waals surface area contributed by atoms with E-state index in [0.717, 1.165) is 18.6 Å². The molecule has 0 aromatic heterocycles. The van der Waals surface area contributed by atoms with Gasteiger partial charge in [-0.15, -0.1) is 0 Å². The Labute approximate surface area is 132 Å². The number of rotatable bonds is 10. The highest BCUT2D eigenvalue weighted by Gasteiger charge is 2.36. The first-order valence-electron chi connectivity index (χ1n) is 9.48. The summed E-state index contributed by atoms with van der Waals surface area (Å²) in [6.45, 7) is 8.80. The summed E-state index contributed by atoms with van der Waals surface area (Å²) in [7, 11) is 0. The average molecular weight is 296 g/mol. The molecule has 124 valence electrons. The van der Waals surface area contributed by atoms with Gasteiger partial charge in [0.25, 0.3) is 0 Å². The summed E-state index contributed by atoms with van der Waals surface area (Å²) in [6.07, 6.45) is 14.4. The summed E-state index contributed by atoms with van der Waals surface area (Å²) in [5, 5.41) is 3.81. The van der Waals surface area contributed by atoms with Gasteiger partial charge in [0.05, 0.1) is 6.10 Å². The SMILES string of the molecule is CCCCC1CCC(CCOC(C)C)(CNC2CC2)CC1. The van der Waals surface area contributed by atoms with Gasteiger partial charge in [0.2, 0.25) is 0 Å². The summed E-state index contributed by atoms with van der Waals surface area (Å²) in [4.78, 5) is 0. The van der Waals surface area contributed by atoms with Gasteiger partial charge >= 0.3 is 0 Å². The molecule has 0 bridgehead atoms. The molecule has 0 spiro atoms. The van der Waals surface area contributed by atoms with Crippen molar-refractivity contribution in [1.82, 2.24) is 5.32 Å². The van der Waals surface area contributed by atoms with Gasteiger partial charge < -0.3 is 10.1 Å². The molecule has 0 aromatic rings. The van der Waals surface area contributed by atoms with Gasteiger partial charge in [0.1, 0.15) is 0 Å². The van der Waals surface area contributed by atoms with E-state index in [9.17, 15) is 0 Å². The quantitative estimate of drug-likeness (QED) is 0.617. The minimum atomic E-state index is 0.374. The van der Waals surface area contributed by atoms with Crippen molar-refractivity contribution in [2.45, 2.75) is 97.1 Å². The van der Waals surface area contributed by atoms with Crippen LogP contribution in [0.5, 0.6) is 0 Å². The molecule has 0 heterocycles. The van der Waals surface area contributed by atoms with Crippen LogP contribution in [0.3, 0.4) is 0 Å². The average Bonchev–Trinajstić information content (AvgIpc) is 3.28. The van der Waals surface area contributed by atoms with Crippen molar-refractivity contribution in [2.75, 3.05) is 13.2 Å². The smallest absolute Gasteiger partial charge is 0.0518 e. The molecular weight excluding hydrogens is 258 g/mol. The summed E-state index contributed by atoms with van der Waals surface area (Å²) >= 11 is 0. The summed E-state index contributed by atoms with van der Waals surface area (Å²) < 4.78 is 5.86. The summed E-state index contributed by atoms with van der Waals surface area (Å²) in [6, 6.07) is 0.839. The predicted octanol–water partition coefficient (Wildman–Crippen LogP) is 4.92. The van der Waals surface area contributed by atoms with Gasteiger partial charge in [-0.2, -0.15) is 0 Å². The Morgan fingerprint density at radius 1 is 1.14 bits per heavy atom. The second-order valence-electron chi connectivity index (χ2n) is 7.91. The second-order valence-corrected chi connectivity index (χ2v) is 7.91. The highest BCUT2D eigenvalue weighted by molar-refractivity contribution is 4.91. The van der Waals surface area contributed by atoms with E-state index in [1.165, 1.54) is 70.8 Å². The van der Waals surface area contributed by atoms with E-state index < -0.39 is 0 Å². The largest absolute Gasteiger partial charge is 0.379 e. The van der Waals surface area contributed by atoms with Crippen LogP contribution >= 0.6 is 0 Å². The van der Waals surface area contributed by atoms with Crippen LogP contribution in [-0.4, -0.2) is 25.3 Å². The van der Waals surface area contributed by atoms with Crippen LogP contribution in [0.1, 0.15) is 85.0 Å². The maximum absolute atomic E-state index is 5.86. The van der Waals surface area contributed by atoms with Crippen molar-refractivity contribution in [3.8, 4) is 0 Å². The zero-order valence-electron chi connectivity index (χ0n) is 14.6. The molecule has 0 aliphatic heterocycles. The number of ether oxygens (including phenoxy) is 1. The summed E-state index contributed by atoms with van der Waals surface area (Å²) in [5.74, 6) is 1.00. The number of unbranched alkanes of at least 4 members (excludes halogenated alkanes) is 1. The molecule has 2 fully saturated rings. The van der Waals surface area contributed by atoms with Gasteiger partial charge in [-0.05, 0) is 70.1 Å². The minimum absolute atomic E-state index is 0.374. The Morgan fingerprint density at radius 3 is 2.43 bits per heavy atom. The van der Waals surface area contributed by atoms with Crippen molar-refractivity contribution in [2.24, 2.45) is 11.3 Å². The number of nitrogens with one attached hydrogen (secondary N) is 1. The van der Waals surface area contributed by atoms with Crippen molar-refractivity contribution in [3.05, 3.63) is 0 Å². The van der Waals surface area contributed by atoms with Crippen molar-refractivity contribution in [1.29, 1.82) is 0 Å². The van der Waals surface area contributed by atoms with E-state index in [-0.39, 0.29) is 0 Å². The van der Waals surface area contributed by atoms with E-state index in [2.05, 4.69) is 26.1 Å². The first-order valence-corrected chi connectivity index (χ1v) is 9.48. The standard InChI is InChI=1S/C19H37NO/c1-4-5-6-17-9-11-19(12-10-17,13-14-21-16(2)3)15-20-18-7-8-18/h16-18,20H,4-15H2,1-3H3. The van der Waals surface area contributed by atoms with Crippen molar-refractivity contribution < 1.29 is 4.74 Å². The molecule has 2 aliphatic carbocycles. The maximum atomic E-state index is 5.86. The van der Waals surface area contributed by atoms with Crippen LogP contribution in [0.25, 0.3) is 0 Å². The lowest BCUT2D eigenvalue weighted by molar-refractivity contribution is 0.0319. The van der Waals surface area contributed by atoms with Crippen LogP contribution in [0.4, 0.5) is 0 Å². The molecule has 0 saturated heterocycles. The first-order chi connectivity index (χ1) is 10.1. The molecule has 2 heteroatoms.